The fourth-order valence-electron chi connectivity index (χ4n) is 2.06. The van der Waals surface area contributed by atoms with E-state index in [0.717, 1.165) is 18.4 Å². The number of aromatic nitrogens is 1. The van der Waals surface area contributed by atoms with Crippen molar-refractivity contribution in [1.82, 2.24) is 4.98 Å². The van der Waals surface area contributed by atoms with Crippen LogP contribution in [0.15, 0.2) is 18.3 Å². The molecule has 0 saturated heterocycles. The third-order valence-corrected chi connectivity index (χ3v) is 3.06. The van der Waals surface area contributed by atoms with Gasteiger partial charge in [-0.2, -0.15) is 0 Å². The van der Waals surface area contributed by atoms with Crippen molar-refractivity contribution in [3.8, 4) is 5.88 Å². The molecule has 1 fully saturated rings. The number of nitrogens with zero attached hydrogens (tertiary/aromatic N) is 1. The molecule has 1 saturated carbocycles. The molecule has 0 aromatic carbocycles. The van der Waals surface area contributed by atoms with E-state index in [1.165, 1.54) is 12.8 Å². The second-order valence-electron chi connectivity index (χ2n) is 4.48. The minimum atomic E-state index is -0.121. The molecule has 0 amide bonds. The van der Waals surface area contributed by atoms with E-state index in [-0.39, 0.29) is 5.54 Å². The fourth-order valence-corrected chi connectivity index (χ4v) is 2.06. The molecule has 1 heterocycles. The lowest BCUT2D eigenvalue weighted by atomic mass is 10.0. The van der Waals surface area contributed by atoms with Crippen LogP contribution in [0.3, 0.4) is 0 Å². The van der Waals surface area contributed by atoms with Crippen LogP contribution >= 0.6 is 0 Å². The highest BCUT2D eigenvalue weighted by atomic mass is 16.5. The molecule has 1 aliphatic rings. The summed E-state index contributed by atoms with van der Waals surface area (Å²) in [6.07, 6.45) is 6.33. The van der Waals surface area contributed by atoms with Crippen molar-refractivity contribution >= 4 is 0 Å². The number of nitrogens with two attached hydrogens (primary N) is 1. The topological polar surface area (TPSA) is 48.1 Å². The molecule has 1 aromatic rings. The second-order valence-corrected chi connectivity index (χ2v) is 4.48. The summed E-state index contributed by atoms with van der Waals surface area (Å²) in [7, 11) is 0. The molecule has 3 heteroatoms. The van der Waals surface area contributed by atoms with Gasteiger partial charge in [-0.15, -0.1) is 0 Å². The van der Waals surface area contributed by atoms with Crippen molar-refractivity contribution in [1.29, 1.82) is 0 Å². The van der Waals surface area contributed by atoms with Gasteiger partial charge in [-0.1, -0.05) is 18.9 Å². The van der Waals surface area contributed by atoms with Gasteiger partial charge in [0.05, 0.1) is 5.54 Å². The standard InChI is InChI=1S/C12H18N2O/c1-10-5-4-8-14-11(10)15-9-12(13)6-2-3-7-12/h4-5,8H,2-3,6-7,9,13H2,1H3. The highest BCUT2D eigenvalue weighted by Crippen LogP contribution is 2.28. The minimum absolute atomic E-state index is 0.121. The molecule has 1 aliphatic carbocycles. The summed E-state index contributed by atoms with van der Waals surface area (Å²) in [4.78, 5) is 4.19. The molecule has 0 atom stereocenters. The van der Waals surface area contributed by atoms with Crippen molar-refractivity contribution in [2.75, 3.05) is 6.61 Å². The van der Waals surface area contributed by atoms with Gasteiger partial charge in [0.1, 0.15) is 6.61 Å². The van der Waals surface area contributed by atoms with E-state index in [2.05, 4.69) is 4.98 Å². The first-order chi connectivity index (χ1) is 7.20. The summed E-state index contributed by atoms with van der Waals surface area (Å²) in [6.45, 7) is 2.59. The summed E-state index contributed by atoms with van der Waals surface area (Å²) < 4.78 is 5.69. The third kappa shape index (κ3) is 2.48. The Labute approximate surface area is 90.7 Å². The third-order valence-electron chi connectivity index (χ3n) is 3.06. The van der Waals surface area contributed by atoms with Crippen LogP contribution in [0, 0.1) is 6.92 Å². The highest BCUT2D eigenvalue weighted by Gasteiger charge is 2.30. The average Bonchev–Trinajstić information content (AvgIpc) is 2.65. The maximum absolute atomic E-state index is 6.20. The Hall–Kier alpha value is -1.09. The molecule has 0 aliphatic heterocycles. The van der Waals surface area contributed by atoms with E-state index < -0.39 is 0 Å². The molecule has 2 rings (SSSR count). The predicted octanol–water partition coefficient (Wildman–Crippen LogP) is 2.04. The van der Waals surface area contributed by atoms with Gasteiger partial charge in [-0.05, 0) is 25.8 Å². The maximum atomic E-state index is 6.20. The molecule has 3 nitrogen and oxygen atoms in total. The van der Waals surface area contributed by atoms with E-state index in [9.17, 15) is 0 Å². The van der Waals surface area contributed by atoms with Gasteiger partial charge in [-0.3, -0.25) is 0 Å². The van der Waals surface area contributed by atoms with Crippen LogP contribution in [0.4, 0.5) is 0 Å². The number of aryl methyl sites for hydroxylation is 1. The Bertz CT molecular complexity index is 332. The van der Waals surface area contributed by atoms with Crippen LogP contribution in [0.2, 0.25) is 0 Å². The van der Waals surface area contributed by atoms with Crippen LogP contribution < -0.4 is 10.5 Å². The zero-order chi connectivity index (χ0) is 10.7. The second kappa shape index (κ2) is 4.19. The van der Waals surface area contributed by atoms with Gasteiger partial charge in [0, 0.05) is 11.8 Å². The smallest absolute Gasteiger partial charge is 0.216 e. The first-order valence-corrected chi connectivity index (χ1v) is 5.53. The first-order valence-electron chi connectivity index (χ1n) is 5.53. The summed E-state index contributed by atoms with van der Waals surface area (Å²) in [5.74, 6) is 0.717. The van der Waals surface area contributed by atoms with Crippen molar-refractivity contribution < 1.29 is 4.74 Å². The largest absolute Gasteiger partial charge is 0.476 e. The summed E-state index contributed by atoms with van der Waals surface area (Å²) in [6, 6.07) is 3.91. The molecule has 0 radical (unpaired) electrons. The van der Waals surface area contributed by atoms with E-state index in [1.807, 2.05) is 19.1 Å². The first kappa shape index (κ1) is 10.4. The Kier molecular flexibility index (Phi) is 2.91. The molecular formula is C12H18N2O. The van der Waals surface area contributed by atoms with E-state index in [0.29, 0.717) is 12.5 Å². The van der Waals surface area contributed by atoms with E-state index in [4.69, 9.17) is 10.5 Å². The molecule has 0 unspecified atom stereocenters. The highest BCUT2D eigenvalue weighted by molar-refractivity contribution is 5.23. The average molecular weight is 206 g/mol. The Morgan fingerprint density at radius 1 is 1.47 bits per heavy atom. The number of pyridine rings is 1. The zero-order valence-corrected chi connectivity index (χ0v) is 9.20. The van der Waals surface area contributed by atoms with E-state index in [1.54, 1.807) is 6.20 Å². The van der Waals surface area contributed by atoms with Gasteiger partial charge < -0.3 is 10.5 Å². The van der Waals surface area contributed by atoms with Gasteiger partial charge in [0.15, 0.2) is 0 Å². The molecule has 1 aromatic heterocycles. The SMILES string of the molecule is Cc1cccnc1OCC1(N)CCCC1. The zero-order valence-electron chi connectivity index (χ0n) is 9.20. The quantitative estimate of drug-likeness (QED) is 0.823. The van der Waals surface area contributed by atoms with Crippen molar-refractivity contribution in [2.24, 2.45) is 5.73 Å². The van der Waals surface area contributed by atoms with Gasteiger partial charge in [0.2, 0.25) is 5.88 Å². The normalized spacial score (nSPS) is 19.1. The molecule has 0 spiro atoms. The van der Waals surface area contributed by atoms with Crippen LogP contribution in [-0.4, -0.2) is 17.1 Å². The lowest BCUT2D eigenvalue weighted by Crippen LogP contribution is -2.42. The molecule has 15 heavy (non-hydrogen) atoms. The van der Waals surface area contributed by atoms with Crippen molar-refractivity contribution in [2.45, 2.75) is 38.1 Å². The molecule has 2 N–H and O–H groups in total. The summed E-state index contributed by atoms with van der Waals surface area (Å²) in [5.41, 5.74) is 7.15. The van der Waals surface area contributed by atoms with Crippen LogP contribution in [-0.2, 0) is 0 Å². The summed E-state index contributed by atoms with van der Waals surface area (Å²) >= 11 is 0. The molecule has 0 bridgehead atoms. The fraction of sp³-hybridized carbons (Fsp3) is 0.583. The lowest BCUT2D eigenvalue weighted by Gasteiger charge is -2.23. The summed E-state index contributed by atoms with van der Waals surface area (Å²) in [5, 5.41) is 0. The maximum Gasteiger partial charge on any atom is 0.216 e. The van der Waals surface area contributed by atoms with Gasteiger partial charge in [-0.25, -0.2) is 4.98 Å². The predicted molar refractivity (Wildman–Crippen MR) is 59.9 cm³/mol. The Morgan fingerprint density at radius 3 is 2.87 bits per heavy atom. The Balaban J connectivity index is 1.95. The molecule has 82 valence electrons. The Morgan fingerprint density at radius 2 is 2.20 bits per heavy atom. The van der Waals surface area contributed by atoms with Crippen LogP contribution in [0.1, 0.15) is 31.2 Å². The monoisotopic (exact) mass is 206 g/mol. The van der Waals surface area contributed by atoms with Crippen LogP contribution in [0.5, 0.6) is 5.88 Å². The number of ether oxygens (including phenoxy) is 1. The lowest BCUT2D eigenvalue weighted by molar-refractivity contribution is 0.212. The van der Waals surface area contributed by atoms with Gasteiger partial charge >= 0.3 is 0 Å². The number of hydrogen-bond acceptors (Lipinski definition) is 3. The van der Waals surface area contributed by atoms with E-state index >= 15 is 0 Å². The molecular weight excluding hydrogens is 188 g/mol. The van der Waals surface area contributed by atoms with Crippen molar-refractivity contribution in [3.63, 3.8) is 0 Å². The van der Waals surface area contributed by atoms with Crippen molar-refractivity contribution in [3.05, 3.63) is 23.9 Å². The minimum Gasteiger partial charge on any atom is -0.476 e. The number of rotatable bonds is 3. The van der Waals surface area contributed by atoms with Gasteiger partial charge in [0.25, 0.3) is 0 Å². The number of hydrogen-bond donors (Lipinski definition) is 1. The van der Waals surface area contributed by atoms with Crippen LogP contribution in [0.25, 0.3) is 0 Å².